The van der Waals surface area contributed by atoms with Gasteiger partial charge in [0.25, 0.3) is 5.91 Å². The Hall–Kier alpha value is -1.44. The van der Waals surface area contributed by atoms with Crippen LogP contribution in [0.4, 0.5) is 0 Å². The molecule has 2 rings (SSSR count). The first-order chi connectivity index (χ1) is 9.99. The predicted molar refractivity (Wildman–Crippen MR) is 81.6 cm³/mol. The molecule has 6 nitrogen and oxygen atoms in total. The van der Waals surface area contributed by atoms with E-state index >= 15 is 0 Å². The van der Waals surface area contributed by atoms with Crippen molar-refractivity contribution in [3.05, 3.63) is 35.9 Å². The number of amides is 1. The predicted octanol–water partition coefficient (Wildman–Crippen LogP) is -0.00640. The molecule has 1 aliphatic rings. The Bertz CT molecular complexity index is 566. The van der Waals surface area contributed by atoms with Crippen LogP contribution < -0.4 is 5.32 Å². The largest absolute Gasteiger partial charge is 0.351 e. The van der Waals surface area contributed by atoms with Gasteiger partial charge in [0.1, 0.15) is 0 Å². The molecule has 7 heteroatoms. The number of piperazine rings is 1. The molecule has 1 heterocycles. The molecule has 0 aliphatic carbocycles. The van der Waals surface area contributed by atoms with Gasteiger partial charge in [-0.05, 0) is 19.2 Å². The SMILES string of the molecule is CN1CCN(S(=O)(=O)CCNC(=O)c2ccccc2)CC1. The van der Waals surface area contributed by atoms with Crippen molar-refractivity contribution in [2.45, 2.75) is 0 Å². The van der Waals surface area contributed by atoms with E-state index < -0.39 is 10.0 Å². The monoisotopic (exact) mass is 311 g/mol. The molecule has 1 N–H and O–H groups in total. The summed E-state index contributed by atoms with van der Waals surface area (Å²) < 4.78 is 25.8. The van der Waals surface area contributed by atoms with E-state index in [0.717, 1.165) is 13.1 Å². The summed E-state index contributed by atoms with van der Waals surface area (Å²) in [5.41, 5.74) is 0.537. The van der Waals surface area contributed by atoms with Crippen molar-refractivity contribution in [1.29, 1.82) is 0 Å². The molecule has 1 aliphatic heterocycles. The van der Waals surface area contributed by atoms with E-state index in [0.29, 0.717) is 18.7 Å². The number of benzene rings is 1. The normalized spacial score (nSPS) is 17.6. The second-order valence-corrected chi connectivity index (χ2v) is 7.23. The van der Waals surface area contributed by atoms with Crippen LogP contribution >= 0.6 is 0 Å². The minimum Gasteiger partial charge on any atom is -0.351 e. The van der Waals surface area contributed by atoms with Crippen molar-refractivity contribution in [1.82, 2.24) is 14.5 Å². The number of rotatable bonds is 5. The van der Waals surface area contributed by atoms with Gasteiger partial charge in [-0.2, -0.15) is 4.31 Å². The lowest BCUT2D eigenvalue weighted by atomic mass is 10.2. The first kappa shape index (κ1) is 15.9. The fourth-order valence-corrected chi connectivity index (χ4v) is 3.52. The molecule has 0 unspecified atom stereocenters. The van der Waals surface area contributed by atoms with E-state index in [1.807, 2.05) is 13.1 Å². The van der Waals surface area contributed by atoms with Crippen LogP contribution in [0.3, 0.4) is 0 Å². The molecule has 1 amide bonds. The Balaban J connectivity index is 1.81. The van der Waals surface area contributed by atoms with E-state index in [2.05, 4.69) is 10.2 Å². The van der Waals surface area contributed by atoms with Gasteiger partial charge in [0.2, 0.25) is 10.0 Å². The molecule has 0 spiro atoms. The fourth-order valence-electron chi connectivity index (χ4n) is 2.18. The molecule has 0 bridgehead atoms. The smallest absolute Gasteiger partial charge is 0.251 e. The Morgan fingerprint density at radius 2 is 1.76 bits per heavy atom. The third-order valence-electron chi connectivity index (χ3n) is 3.54. The van der Waals surface area contributed by atoms with Crippen LogP contribution in [0.5, 0.6) is 0 Å². The zero-order valence-electron chi connectivity index (χ0n) is 12.2. The highest BCUT2D eigenvalue weighted by molar-refractivity contribution is 7.89. The van der Waals surface area contributed by atoms with E-state index in [1.54, 1.807) is 24.3 Å². The summed E-state index contributed by atoms with van der Waals surface area (Å²) in [6.45, 7) is 2.66. The van der Waals surface area contributed by atoms with E-state index in [4.69, 9.17) is 0 Å². The van der Waals surface area contributed by atoms with Crippen molar-refractivity contribution >= 4 is 15.9 Å². The quantitative estimate of drug-likeness (QED) is 0.831. The van der Waals surface area contributed by atoms with Gasteiger partial charge in [-0.1, -0.05) is 18.2 Å². The molecule has 0 atom stereocenters. The molecule has 21 heavy (non-hydrogen) atoms. The number of carbonyl (C=O) groups excluding carboxylic acids is 1. The van der Waals surface area contributed by atoms with E-state index in [9.17, 15) is 13.2 Å². The van der Waals surface area contributed by atoms with Gasteiger partial charge in [-0.25, -0.2) is 8.42 Å². The first-order valence-corrected chi connectivity index (χ1v) is 8.59. The fraction of sp³-hybridized carbons (Fsp3) is 0.500. The zero-order valence-corrected chi connectivity index (χ0v) is 13.0. The Kier molecular flexibility index (Phi) is 5.33. The highest BCUT2D eigenvalue weighted by Crippen LogP contribution is 2.06. The topological polar surface area (TPSA) is 69.7 Å². The van der Waals surface area contributed by atoms with Gasteiger partial charge in [0.15, 0.2) is 0 Å². The summed E-state index contributed by atoms with van der Waals surface area (Å²) in [6.07, 6.45) is 0. The van der Waals surface area contributed by atoms with Gasteiger partial charge in [0, 0.05) is 38.3 Å². The molecular formula is C14H21N3O3S. The van der Waals surface area contributed by atoms with E-state index in [-0.39, 0.29) is 18.2 Å². The summed E-state index contributed by atoms with van der Waals surface area (Å²) in [5.74, 6) is -0.306. The average Bonchev–Trinajstić information content (AvgIpc) is 2.48. The number of likely N-dealkylation sites (N-methyl/N-ethyl adjacent to an activating group) is 1. The second-order valence-electron chi connectivity index (χ2n) is 5.14. The second kappa shape index (κ2) is 7.02. The highest BCUT2D eigenvalue weighted by atomic mass is 32.2. The van der Waals surface area contributed by atoms with Crippen LogP contribution in [0.1, 0.15) is 10.4 Å². The van der Waals surface area contributed by atoms with E-state index in [1.165, 1.54) is 4.31 Å². The Labute approximate surface area is 125 Å². The first-order valence-electron chi connectivity index (χ1n) is 6.99. The maximum Gasteiger partial charge on any atom is 0.251 e. The number of hydrogen-bond acceptors (Lipinski definition) is 4. The van der Waals surface area contributed by atoms with Crippen LogP contribution in [-0.4, -0.2) is 69.1 Å². The number of nitrogens with one attached hydrogen (secondary N) is 1. The van der Waals surface area contributed by atoms with Gasteiger partial charge >= 0.3 is 0 Å². The lowest BCUT2D eigenvalue weighted by molar-refractivity contribution is 0.0956. The molecular weight excluding hydrogens is 290 g/mol. The average molecular weight is 311 g/mol. The molecule has 1 aromatic carbocycles. The maximum absolute atomic E-state index is 12.2. The molecule has 1 aromatic rings. The van der Waals surface area contributed by atoms with Gasteiger partial charge in [-0.3, -0.25) is 4.79 Å². The summed E-state index contributed by atoms with van der Waals surface area (Å²) in [4.78, 5) is 13.9. The van der Waals surface area contributed by atoms with Crippen molar-refractivity contribution < 1.29 is 13.2 Å². The molecule has 1 fully saturated rings. The number of sulfonamides is 1. The third-order valence-corrected chi connectivity index (χ3v) is 5.41. The molecule has 0 radical (unpaired) electrons. The van der Waals surface area contributed by atoms with Gasteiger partial charge in [-0.15, -0.1) is 0 Å². The van der Waals surface area contributed by atoms with Crippen LogP contribution in [-0.2, 0) is 10.0 Å². The number of nitrogens with zero attached hydrogens (tertiary/aromatic N) is 2. The van der Waals surface area contributed by atoms with Crippen molar-refractivity contribution in [3.63, 3.8) is 0 Å². The standard InChI is InChI=1S/C14H21N3O3S/c1-16-8-10-17(11-9-16)21(19,20)12-7-15-14(18)13-5-3-2-4-6-13/h2-6H,7-12H2,1H3,(H,15,18). The van der Waals surface area contributed by atoms with Crippen LogP contribution in [0, 0.1) is 0 Å². The minimum absolute atomic E-state index is 0.0602. The summed E-state index contributed by atoms with van der Waals surface area (Å²) in [6, 6.07) is 8.77. The lowest BCUT2D eigenvalue weighted by Gasteiger charge is -2.31. The minimum atomic E-state index is -3.29. The third kappa shape index (κ3) is 4.52. The summed E-state index contributed by atoms with van der Waals surface area (Å²) in [7, 11) is -1.32. The number of hydrogen-bond donors (Lipinski definition) is 1. The van der Waals surface area contributed by atoms with Gasteiger partial charge in [0.05, 0.1) is 5.75 Å². The van der Waals surface area contributed by atoms with Gasteiger partial charge < -0.3 is 10.2 Å². The highest BCUT2D eigenvalue weighted by Gasteiger charge is 2.25. The lowest BCUT2D eigenvalue weighted by Crippen LogP contribution is -2.48. The van der Waals surface area contributed by atoms with Crippen molar-refractivity contribution in [2.75, 3.05) is 45.5 Å². The van der Waals surface area contributed by atoms with Crippen LogP contribution in [0.15, 0.2) is 30.3 Å². The maximum atomic E-state index is 12.2. The Morgan fingerprint density at radius 3 is 2.38 bits per heavy atom. The summed E-state index contributed by atoms with van der Waals surface area (Å²) >= 11 is 0. The Morgan fingerprint density at radius 1 is 1.14 bits per heavy atom. The molecule has 116 valence electrons. The van der Waals surface area contributed by atoms with Crippen molar-refractivity contribution in [2.24, 2.45) is 0 Å². The number of carbonyl (C=O) groups is 1. The summed E-state index contributed by atoms with van der Waals surface area (Å²) in [5, 5.41) is 2.65. The van der Waals surface area contributed by atoms with Crippen molar-refractivity contribution in [3.8, 4) is 0 Å². The molecule has 0 saturated carbocycles. The van der Waals surface area contributed by atoms with Crippen LogP contribution in [0.2, 0.25) is 0 Å². The zero-order chi connectivity index (χ0) is 15.3. The molecule has 0 aromatic heterocycles. The molecule has 1 saturated heterocycles. The van der Waals surface area contributed by atoms with Crippen LogP contribution in [0.25, 0.3) is 0 Å².